The topological polar surface area (TPSA) is 63.6 Å². The fourth-order valence-corrected chi connectivity index (χ4v) is 4.74. The number of esters is 1. The number of rotatable bonds is 8. The second-order valence-corrected chi connectivity index (χ2v) is 8.35. The van der Waals surface area contributed by atoms with Crippen LogP contribution in [0, 0.1) is 0 Å². The van der Waals surface area contributed by atoms with Crippen LogP contribution in [-0.2, 0) is 16.1 Å². The van der Waals surface area contributed by atoms with Crippen molar-refractivity contribution < 1.29 is 14.3 Å². The molecule has 0 aromatic carbocycles. The number of hydrogen-bond acceptors (Lipinski definition) is 5. The highest BCUT2D eigenvalue weighted by Gasteiger charge is 2.20. The number of nitrogens with zero attached hydrogens (tertiary/aromatic N) is 2. The Kier molecular flexibility index (Phi) is 7.50. The van der Waals surface area contributed by atoms with Crippen LogP contribution in [0.15, 0.2) is 17.5 Å². The predicted molar refractivity (Wildman–Crippen MR) is 113 cm³/mol. The molecule has 0 saturated carbocycles. The summed E-state index contributed by atoms with van der Waals surface area (Å²) in [5.74, 6) is -0.451. The maximum atomic E-state index is 12.5. The molecule has 1 fully saturated rings. The number of likely N-dealkylation sites (tertiary alicyclic amines) is 1. The van der Waals surface area contributed by atoms with Crippen molar-refractivity contribution in [2.45, 2.75) is 58.5 Å². The average Bonchev–Trinajstić information content (AvgIpc) is 3.14. The molecule has 1 aliphatic rings. The summed E-state index contributed by atoms with van der Waals surface area (Å²) in [6.45, 7) is 7.47. The molecular formula is C21H31N3O3S. The van der Waals surface area contributed by atoms with Gasteiger partial charge in [0.25, 0.3) is 0 Å². The number of carbonyl (C=O) groups excluding carboxylic acids is 2. The molecule has 7 heteroatoms. The van der Waals surface area contributed by atoms with Gasteiger partial charge in [0.05, 0.1) is 6.61 Å². The molecule has 154 valence electrons. The van der Waals surface area contributed by atoms with E-state index in [1.54, 1.807) is 17.6 Å². The maximum absolute atomic E-state index is 12.5. The Bertz CT molecular complexity index is 790. The van der Waals surface area contributed by atoms with Crippen LogP contribution in [-0.4, -0.2) is 53.6 Å². The van der Waals surface area contributed by atoms with E-state index in [4.69, 9.17) is 4.74 Å². The highest BCUT2D eigenvalue weighted by molar-refractivity contribution is 7.16. The number of hydrogen-bond donors (Lipinski definition) is 1. The van der Waals surface area contributed by atoms with Crippen molar-refractivity contribution in [3.05, 3.63) is 23.2 Å². The highest BCUT2D eigenvalue weighted by atomic mass is 32.1. The number of nitrogens with one attached hydrogen (secondary N) is 1. The van der Waals surface area contributed by atoms with Crippen LogP contribution in [0.1, 0.15) is 56.4 Å². The SMILES string of the molecule is CCOC(=O)c1cc2ccsc2n1CC(=O)NCC[C@H](C)N1CCCCCC1. The van der Waals surface area contributed by atoms with E-state index in [1.807, 2.05) is 11.4 Å². The molecule has 1 saturated heterocycles. The van der Waals surface area contributed by atoms with E-state index in [9.17, 15) is 9.59 Å². The Morgan fingerprint density at radius 2 is 2.00 bits per heavy atom. The van der Waals surface area contributed by atoms with Gasteiger partial charge in [-0.1, -0.05) is 12.8 Å². The van der Waals surface area contributed by atoms with Crippen LogP contribution >= 0.6 is 11.3 Å². The van der Waals surface area contributed by atoms with Gasteiger partial charge in [-0.05, 0) is 63.7 Å². The van der Waals surface area contributed by atoms with Gasteiger partial charge in [0.1, 0.15) is 17.1 Å². The second kappa shape index (κ2) is 10.1. The molecule has 0 radical (unpaired) electrons. The number of thiophene rings is 1. The first-order valence-corrected chi connectivity index (χ1v) is 11.2. The summed E-state index contributed by atoms with van der Waals surface area (Å²) >= 11 is 1.53. The molecule has 3 heterocycles. The minimum Gasteiger partial charge on any atom is -0.461 e. The first-order valence-electron chi connectivity index (χ1n) is 10.3. The van der Waals surface area contributed by atoms with E-state index in [2.05, 4.69) is 17.1 Å². The van der Waals surface area contributed by atoms with Crippen molar-refractivity contribution in [3.63, 3.8) is 0 Å². The quantitative estimate of drug-likeness (QED) is 0.681. The average molecular weight is 406 g/mol. The first-order chi connectivity index (χ1) is 13.6. The Morgan fingerprint density at radius 3 is 2.71 bits per heavy atom. The van der Waals surface area contributed by atoms with Crippen molar-refractivity contribution in [2.75, 3.05) is 26.2 Å². The molecule has 28 heavy (non-hydrogen) atoms. The molecule has 6 nitrogen and oxygen atoms in total. The fourth-order valence-electron chi connectivity index (χ4n) is 3.84. The lowest BCUT2D eigenvalue weighted by molar-refractivity contribution is -0.121. The molecular weight excluding hydrogens is 374 g/mol. The summed E-state index contributed by atoms with van der Waals surface area (Å²) in [6, 6.07) is 4.24. The van der Waals surface area contributed by atoms with Gasteiger partial charge < -0.3 is 19.5 Å². The van der Waals surface area contributed by atoms with E-state index in [1.165, 1.54) is 37.0 Å². The lowest BCUT2D eigenvalue weighted by atomic mass is 10.2. The molecule has 2 aromatic heterocycles. The summed E-state index contributed by atoms with van der Waals surface area (Å²) < 4.78 is 6.92. The van der Waals surface area contributed by atoms with Crippen molar-refractivity contribution >= 4 is 33.4 Å². The van der Waals surface area contributed by atoms with Crippen molar-refractivity contribution in [1.82, 2.24) is 14.8 Å². The van der Waals surface area contributed by atoms with Crippen LogP contribution in [0.4, 0.5) is 0 Å². The molecule has 0 bridgehead atoms. The van der Waals surface area contributed by atoms with E-state index < -0.39 is 0 Å². The molecule has 0 aliphatic carbocycles. The molecule has 1 aliphatic heterocycles. The normalized spacial score (nSPS) is 16.6. The number of ether oxygens (including phenoxy) is 1. The van der Waals surface area contributed by atoms with Crippen molar-refractivity contribution in [1.29, 1.82) is 0 Å². The molecule has 3 rings (SSSR count). The Hall–Kier alpha value is -1.86. The van der Waals surface area contributed by atoms with E-state index in [0.717, 1.165) is 29.7 Å². The monoisotopic (exact) mass is 405 g/mol. The van der Waals surface area contributed by atoms with Crippen molar-refractivity contribution in [2.24, 2.45) is 0 Å². The molecule has 1 atom stereocenters. The zero-order valence-corrected chi connectivity index (χ0v) is 17.7. The number of amides is 1. The van der Waals surface area contributed by atoms with E-state index in [-0.39, 0.29) is 18.4 Å². The van der Waals surface area contributed by atoms with Crippen LogP contribution in [0.2, 0.25) is 0 Å². The fraction of sp³-hybridized carbons (Fsp3) is 0.619. The Labute approximate surface area is 170 Å². The molecule has 1 N–H and O–H groups in total. The van der Waals surface area contributed by atoms with Crippen LogP contribution in [0.25, 0.3) is 10.2 Å². The van der Waals surface area contributed by atoms with Gasteiger partial charge in [0, 0.05) is 18.0 Å². The number of fused-ring (bicyclic) bond motifs is 1. The van der Waals surface area contributed by atoms with E-state index >= 15 is 0 Å². The third kappa shape index (κ3) is 5.14. The number of aromatic nitrogens is 1. The smallest absolute Gasteiger partial charge is 0.355 e. The van der Waals surface area contributed by atoms with Gasteiger partial charge in [-0.25, -0.2) is 4.79 Å². The zero-order valence-electron chi connectivity index (χ0n) is 16.9. The second-order valence-electron chi connectivity index (χ2n) is 7.46. The van der Waals surface area contributed by atoms with Gasteiger partial charge in [-0.3, -0.25) is 4.79 Å². The van der Waals surface area contributed by atoms with E-state index in [0.29, 0.717) is 24.9 Å². The molecule has 2 aromatic rings. The van der Waals surface area contributed by atoms with Gasteiger partial charge in [-0.15, -0.1) is 11.3 Å². The molecule has 1 amide bonds. The number of carbonyl (C=O) groups is 2. The standard InChI is InChI=1S/C21H31N3O3S/c1-3-27-21(26)18-14-17-9-13-28-20(17)24(18)15-19(25)22-10-8-16(2)23-11-6-4-5-7-12-23/h9,13-14,16H,3-8,10-12,15H2,1-2H3,(H,22,25)/t16-/m0/s1. The van der Waals surface area contributed by atoms with Gasteiger partial charge >= 0.3 is 5.97 Å². The largest absolute Gasteiger partial charge is 0.461 e. The minimum atomic E-state index is -0.381. The van der Waals surface area contributed by atoms with Gasteiger partial charge in [0.15, 0.2) is 0 Å². The zero-order chi connectivity index (χ0) is 19.9. The van der Waals surface area contributed by atoms with Crippen LogP contribution < -0.4 is 5.32 Å². The minimum absolute atomic E-state index is 0.0699. The summed E-state index contributed by atoms with van der Waals surface area (Å²) in [4.78, 5) is 28.2. The molecule has 0 spiro atoms. The highest BCUT2D eigenvalue weighted by Crippen LogP contribution is 2.26. The van der Waals surface area contributed by atoms with Gasteiger partial charge in [-0.2, -0.15) is 0 Å². The lowest BCUT2D eigenvalue weighted by Gasteiger charge is -2.27. The summed E-state index contributed by atoms with van der Waals surface area (Å²) in [6.07, 6.45) is 6.15. The van der Waals surface area contributed by atoms with Crippen LogP contribution in [0.5, 0.6) is 0 Å². The summed E-state index contributed by atoms with van der Waals surface area (Å²) in [5.41, 5.74) is 0.441. The third-order valence-electron chi connectivity index (χ3n) is 5.44. The first kappa shape index (κ1) is 20.9. The Balaban J connectivity index is 1.55. The lowest BCUT2D eigenvalue weighted by Crippen LogP contribution is -2.37. The molecule has 0 unspecified atom stereocenters. The summed E-state index contributed by atoms with van der Waals surface area (Å²) in [5, 5.41) is 5.96. The van der Waals surface area contributed by atoms with Gasteiger partial charge in [0.2, 0.25) is 5.91 Å². The predicted octanol–water partition coefficient (Wildman–Crippen LogP) is 3.65. The van der Waals surface area contributed by atoms with Crippen LogP contribution in [0.3, 0.4) is 0 Å². The Morgan fingerprint density at radius 1 is 1.25 bits per heavy atom. The third-order valence-corrected chi connectivity index (χ3v) is 6.39. The van der Waals surface area contributed by atoms with Crippen molar-refractivity contribution in [3.8, 4) is 0 Å². The summed E-state index contributed by atoms with van der Waals surface area (Å²) in [7, 11) is 0. The maximum Gasteiger partial charge on any atom is 0.355 e.